The predicted molar refractivity (Wildman–Crippen MR) is 67.2 cm³/mol. The normalized spacial score (nSPS) is 30.8. The molecule has 0 amide bonds. The maximum Gasteiger partial charge on any atom is 0.0196 e. The van der Waals surface area contributed by atoms with Crippen LogP contribution < -0.4 is 5.32 Å². The second-order valence-electron chi connectivity index (χ2n) is 5.17. The lowest BCUT2D eigenvalue weighted by Gasteiger charge is -2.43. The van der Waals surface area contributed by atoms with Crippen molar-refractivity contribution in [3.05, 3.63) is 0 Å². The molecule has 3 atom stereocenters. The summed E-state index contributed by atoms with van der Waals surface area (Å²) in [4.78, 5) is 2.69. The zero-order chi connectivity index (χ0) is 11.4. The Bertz CT molecular complexity index is 177. The van der Waals surface area contributed by atoms with E-state index in [1.807, 2.05) is 0 Å². The summed E-state index contributed by atoms with van der Waals surface area (Å²) in [7, 11) is 0. The van der Waals surface area contributed by atoms with Crippen molar-refractivity contribution in [2.24, 2.45) is 5.92 Å². The molecule has 1 aliphatic heterocycles. The number of piperazine rings is 1. The Morgan fingerprint density at radius 2 is 1.87 bits per heavy atom. The van der Waals surface area contributed by atoms with E-state index < -0.39 is 0 Å². The molecule has 2 heteroatoms. The molecular formula is C13H28N2. The molecular weight excluding hydrogens is 184 g/mol. The largest absolute Gasteiger partial charge is 0.311 e. The van der Waals surface area contributed by atoms with Crippen LogP contribution in [-0.4, -0.2) is 36.1 Å². The highest BCUT2D eigenvalue weighted by Gasteiger charge is 2.29. The summed E-state index contributed by atoms with van der Waals surface area (Å²) in [5, 5.41) is 3.55. The van der Waals surface area contributed by atoms with E-state index in [4.69, 9.17) is 0 Å². The van der Waals surface area contributed by atoms with Gasteiger partial charge in [-0.2, -0.15) is 0 Å². The minimum Gasteiger partial charge on any atom is -0.311 e. The molecule has 0 aromatic rings. The summed E-state index contributed by atoms with van der Waals surface area (Å²) < 4.78 is 0. The molecule has 15 heavy (non-hydrogen) atoms. The molecule has 0 spiro atoms. The van der Waals surface area contributed by atoms with Crippen LogP contribution in [0.25, 0.3) is 0 Å². The van der Waals surface area contributed by atoms with Crippen LogP contribution in [0, 0.1) is 5.92 Å². The molecule has 0 radical (unpaired) electrons. The maximum atomic E-state index is 3.55. The quantitative estimate of drug-likeness (QED) is 0.770. The van der Waals surface area contributed by atoms with Gasteiger partial charge in [0.15, 0.2) is 0 Å². The van der Waals surface area contributed by atoms with Gasteiger partial charge in [-0.15, -0.1) is 0 Å². The Labute approximate surface area is 95.4 Å². The van der Waals surface area contributed by atoms with Crippen molar-refractivity contribution in [1.82, 2.24) is 10.2 Å². The summed E-state index contributed by atoms with van der Waals surface area (Å²) in [6.07, 6.45) is 2.62. The van der Waals surface area contributed by atoms with E-state index in [-0.39, 0.29) is 0 Å². The summed E-state index contributed by atoms with van der Waals surface area (Å²) in [6, 6.07) is 2.08. The van der Waals surface area contributed by atoms with E-state index in [0.717, 1.165) is 18.5 Å². The first-order chi connectivity index (χ1) is 7.10. The topological polar surface area (TPSA) is 15.3 Å². The highest BCUT2D eigenvalue weighted by atomic mass is 15.2. The Balaban J connectivity index is 2.59. The van der Waals surface area contributed by atoms with E-state index in [9.17, 15) is 0 Å². The fourth-order valence-corrected chi connectivity index (χ4v) is 2.86. The Morgan fingerprint density at radius 3 is 2.40 bits per heavy atom. The Morgan fingerprint density at radius 1 is 1.27 bits per heavy atom. The molecule has 3 unspecified atom stereocenters. The molecule has 0 saturated carbocycles. The standard InChI is InChI=1S/C13H28N2/c1-6-13(7-2)12(5)15-9-10(3)14-8-11(15)4/h10-14H,6-9H2,1-5H3. The van der Waals surface area contributed by atoms with Gasteiger partial charge < -0.3 is 5.32 Å². The lowest BCUT2D eigenvalue weighted by Crippen LogP contribution is -2.58. The van der Waals surface area contributed by atoms with Gasteiger partial charge in [0, 0.05) is 31.2 Å². The third kappa shape index (κ3) is 3.18. The van der Waals surface area contributed by atoms with Gasteiger partial charge in [0.05, 0.1) is 0 Å². The Hall–Kier alpha value is -0.0800. The average Bonchev–Trinajstić information content (AvgIpc) is 2.23. The van der Waals surface area contributed by atoms with Crippen molar-refractivity contribution in [2.45, 2.75) is 65.6 Å². The SMILES string of the molecule is CCC(CC)C(C)N1CC(C)NCC1C. The number of hydrogen-bond donors (Lipinski definition) is 1. The third-order valence-corrected chi connectivity index (χ3v) is 4.07. The highest BCUT2D eigenvalue weighted by molar-refractivity contribution is 4.86. The van der Waals surface area contributed by atoms with Gasteiger partial charge in [0.1, 0.15) is 0 Å². The summed E-state index contributed by atoms with van der Waals surface area (Å²) in [5.74, 6) is 0.859. The van der Waals surface area contributed by atoms with Crippen molar-refractivity contribution in [3.8, 4) is 0 Å². The molecule has 0 aliphatic carbocycles. The molecule has 0 aromatic carbocycles. The number of nitrogens with one attached hydrogen (secondary N) is 1. The van der Waals surface area contributed by atoms with E-state index >= 15 is 0 Å². The molecule has 0 aromatic heterocycles. The first-order valence-electron chi connectivity index (χ1n) is 6.59. The van der Waals surface area contributed by atoms with Crippen LogP contribution in [0.15, 0.2) is 0 Å². The van der Waals surface area contributed by atoms with E-state index in [2.05, 4.69) is 44.8 Å². The van der Waals surface area contributed by atoms with Crippen molar-refractivity contribution in [1.29, 1.82) is 0 Å². The van der Waals surface area contributed by atoms with E-state index in [1.54, 1.807) is 0 Å². The predicted octanol–water partition coefficient (Wildman–Crippen LogP) is 2.49. The van der Waals surface area contributed by atoms with Crippen LogP contribution in [0.1, 0.15) is 47.5 Å². The molecule has 1 fully saturated rings. The number of hydrogen-bond acceptors (Lipinski definition) is 2. The molecule has 1 aliphatic rings. The molecule has 1 saturated heterocycles. The van der Waals surface area contributed by atoms with Gasteiger partial charge >= 0.3 is 0 Å². The smallest absolute Gasteiger partial charge is 0.0196 e. The third-order valence-electron chi connectivity index (χ3n) is 4.07. The lowest BCUT2D eigenvalue weighted by molar-refractivity contribution is 0.0687. The first-order valence-corrected chi connectivity index (χ1v) is 6.59. The van der Waals surface area contributed by atoms with Crippen LogP contribution in [0.5, 0.6) is 0 Å². The molecule has 1 N–H and O–H groups in total. The van der Waals surface area contributed by atoms with Crippen molar-refractivity contribution in [2.75, 3.05) is 13.1 Å². The zero-order valence-corrected chi connectivity index (χ0v) is 11.1. The number of nitrogens with zero attached hydrogens (tertiary/aromatic N) is 1. The summed E-state index contributed by atoms with van der Waals surface area (Å²) in [6.45, 7) is 14.0. The second-order valence-corrected chi connectivity index (χ2v) is 5.17. The van der Waals surface area contributed by atoms with Crippen LogP contribution in [0.2, 0.25) is 0 Å². The van der Waals surface area contributed by atoms with E-state index in [0.29, 0.717) is 12.1 Å². The first kappa shape index (κ1) is 13.0. The van der Waals surface area contributed by atoms with Crippen molar-refractivity contribution < 1.29 is 0 Å². The van der Waals surface area contributed by atoms with E-state index in [1.165, 1.54) is 19.4 Å². The lowest BCUT2D eigenvalue weighted by atomic mass is 9.92. The molecule has 1 rings (SSSR count). The molecule has 1 heterocycles. The van der Waals surface area contributed by atoms with Gasteiger partial charge in [-0.05, 0) is 26.7 Å². The summed E-state index contributed by atoms with van der Waals surface area (Å²) >= 11 is 0. The van der Waals surface area contributed by atoms with Gasteiger partial charge in [-0.1, -0.05) is 26.7 Å². The fraction of sp³-hybridized carbons (Fsp3) is 1.00. The minimum atomic E-state index is 0.651. The maximum absolute atomic E-state index is 3.55. The van der Waals surface area contributed by atoms with Gasteiger partial charge in [-0.25, -0.2) is 0 Å². The van der Waals surface area contributed by atoms with Gasteiger partial charge in [-0.3, -0.25) is 4.90 Å². The highest BCUT2D eigenvalue weighted by Crippen LogP contribution is 2.22. The van der Waals surface area contributed by atoms with Crippen LogP contribution >= 0.6 is 0 Å². The van der Waals surface area contributed by atoms with Gasteiger partial charge in [0.2, 0.25) is 0 Å². The average molecular weight is 212 g/mol. The number of rotatable bonds is 4. The van der Waals surface area contributed by atoms with Crippen LogP contribution in [-0.2, 0) is 0 Å². The zero-order valence-electron chi connectivity index (χ0n) is 11.1. The van der Waals surface area contributed by atoms with Crippen LogP contribution in [0.4, 0.5) is 0 Å². The summed E-state index contributed by atoms with van der Waals surface area (Å²) in [5.41, 5.74) is 0. The molecule has 2 nitrogen and oxygen atoms in total. The molecule has 0 bridgehead atoms. The second kappa shape index (κ2) is 5.86. The fourth-order valence-electron chi connectivity index (χ4n) is 2.86. The van der Waals surface area contributed by atoms with Gasteiger partial charge in [0.25, 0.3) is 0 Å². The van der Waals surface area contributed by atoms with Crippen molar-refractivity contribution >= 4 is 0 Å². The Kier molecular flexibility index (Phi) is 5.07. The monoisotopic (exact) mass is 212 g/mol. The molecule has 90 valence electrons. The van der Waals surface area contributed by atoms with Crippen LogP contribution in [0.3, 0.4) is 0 Å². The van der Waals surface area contributed by atoms with Crippen molar-refractivity contribution in [3.63, 3.8) is 0 Å². The minimum absolute atomic E-state index is 0.651.